The van der Waals surface area contributed by atoms with Gasteiger partial charge in [-0.2, -0.15) is 0 Å². The fourth-order valence-corrected chi connectivity index (χ4v) is 2.04. The number of benzene rings is 1. The largest absolute Gasteiger partial charge is 0.382 e. The first kappa shape index (κ1) is 9.53. The molecule has 0 spiro atoms. The fraction of sp³-hybridized carbons (Fsp3) is 0.500. The van der Waals surface area contributed by atoms with Crippen LogP contribution in [0, 0.1) is 0 Å². The molecule has 2 rings (SSSR count). The van der Waals surface area contributed by atoms with Crippen LogP contribution in [-0.2, 0) is 6.42 Å². The predicted molar refractivity (Wildman–Crippen MR) is 60.7 cm³/mol. The topological polar surface area (TPSA) is 24.1 Å². The van der Waals surface area contributed by atoms with E-state index in [2.05, 4.69) is 34.9 Å². The molecule has 1 aromatic carbocycles. The lowest BCUT2D eigenvalue weighted by atomic mass is 9.96. The molecule has 2 heteroatoms. The molecule has 0 bridgehead atoms. The molecule has 1 atom stereocenters. The van der Waals surface area contributed by atoms with Gasteiger partial charge in [-0.1, -0.05) is 18.2 Å². The van der Waals surface area contributed by atoms with E-state index in [0.717, 1.165) is 6.54 Å². The van der Waals surface area contributed by atoms with Gasteiger partial charge in [0.2, 0.25) is 0 Å². The first-order valence-electron chi connectivity index (χ1n) is 5.39. The van der Waals surface area contributed by atoms with Crippen molar-refractivity contribution in [2.24, 2.45) is 0 Å². The van der Waals surface area contributed by atoms with Gasteiger partial charge < -0.3 is 10.6 Å². The Morgan fingerprint density at radius 1 is 1.43 bits per heavy atom. The van der Waals surface area contributed by atoms with Gasteiger partial charge in [0.25, 0.3) is 0 Å². The van der Waals surface area contributed by atoms with Gasteiger partial charge in [-0.25, -0.2) is 0 Å². The highest BCUT2D eigenvalue weighted by Crippen LogP contribution is 2.25. The second-order valence-electron chi connectivity index (χ2n) is 3.93. The fourth-order valence-electron chi connectivity index (χ4n) is 2.04. The van der Waals surface area contributed by atoms with Crippen LogP contribution >= 0.6 is 0 Å². The summed E-state index contributed by atoms with van der Waals surface area (Å²) in [6, 6.07) is 9.27. The number of fused-ring (bicyclic) bond motifs is 1. The van der Waals surface area contributed by atoms with Gasteiger partial charge in [0.1, 0.15) is 0 Å². The second kappa shape index (κ2) is 4.47. The Balaban J connectivity index is 1.99. The maximum Gasteiger partial charge on any atom is 0.0374 e. The Bertz CT molecular complexity index is 296. The van der Waals surface area contributed by atoms with Crippen molar-refractivity contribution >= 4 is 5.69 Å². The number of hydrogen-bond donors (Lipinski definition) is 2. The Labute approximate surface area is 85.7 Å². The summed E-state index contributed by atoms with van der Waals surface area (Å²) < 4.78 is 0. The number of aryl methyl sites for hydroxylation is 1. The normalized spacial score (nSPS) is 19.9. The zero-order valence-corrected chi connectivity index (χ0v) is 8.72. The summed E-state index contributed by atoms with van der Waals surface area (Å²) >= 11 is 0. The lowest BCUT2D eigenvalue weighted by molar-refractivity contribution is 0.568. The van der Waals surface area contributed by atoms with Gasteiger partial charge in [-0.3, -0.25) is 0 Å². The highest BCUT2D eigenvalue weighted by Gasteiger charge is 2.15. The minimum absolute atomic E-state index is 0.650. The summed E-state index contributed by atoms with van der Waals surface area (Å²) in [6.45, 7) is 1.10. The highest BCUT2D eigenvalue weighted by molar-refractivity contribution is 5.53. The first-order valence-corrected chi connectivity index (χ1v) is 5.39. The molecule has 1 aliphatic rings. The zero-order chi connectivity index (χ0) is 9.80. The molecular formula is C12H18N2. The van der Waals surface area contributed by atoms with Crippen molar-refractivity contribution in [3.05, 3.63) is 29.8 Å². The summed E-state index contributed by atoms with van der Waals surface area (Å²) in [5.41, 5.74) is 2.80. The van der Waals surface area contributed by atoms with Crippen LogP contribution in [0.15, 0.2) is 24.3 Å². The van der Waals surface area contributed by atoms with Gasteiger partial charge in [0.05, 0.1) is 0 Å². The van der Waals surface area contributed by atoms with Crippen LogP contribution in [0.2, 0.25) is 0 Å². The maximum atomic E-state index is 3.59. The quantitative estimate of drug-likeness (QED) is 0.762. The van der Waals surface area contributed by atoms with Gasteiger partial charge in [-0.15, -0.1) is 0 Å². The van der Waals surface area contributed by atoms with Crippen LogP contribution in [0.1, 0.15) is 18.4 Å². The van der Waals surface area contributed by atoms with Gasteiger partial charge in [-0.05, 0) is 44.5 Å². The summed E-state index contributed by atoms with van der Waals surface area (Å²) in [5, 5.41) is 6.79. The summed E-state index contributed by atoms with van der Waals surface area (Å²) in [7, 11) is 2.01. The van der Waals surface area contributed by atoms with E-state index in [1.54, 1.807) is 0 Å². The van der Waals surface area contributed by atoms with Crippen molar-refractivity contribution in [1.82, 2.24) is 5.32 Å². The van der Waals surface area contributed by atoms with Crippen molar-refractivity contribution in [1.29, 1.82) is 0 Å². The molecule has 1 heterocycles. The van der Waals surface area contributed by atoms with E-state index in [4.69, 9.17) is 0 Å². The predicted octanol–water partition coefficient (Wildman–Crippen LogP) is 2.02. The highest BCUT2D eigenvalue weighted by atomic mass is 14.9. The van der Waals surface area contributed by atoms with Gasteiger partial charge in [0.15, 0.2) is 0 Å². The van der Waals surface area contributed by atoms with Crippen LogP contribution in [0.25, 0.3) is 0 Å². The van der Waals surface area contributed by atoms with Crippen molar-refractivity contribution in [2.45, 2.75) is 25.3 Å². The Kier molecular flexibility index (Phi) is 3.04. The third-order valence-electron chi connectivity index (χ3n) is 2.88. The van der Waals surface area contributed by atoms with Crippen LogP contribution in [0.4, 0.5) is 5.69 Å². The molecule has 0 radical (unpaired) electrons. The molecule has 2 nitrogen and oxygen atoms in total. The minimum atomic E-state index is 0.650. The lowest BCUT2D eigenvalue weighted by Gasteiger charge is -2.26. The van der Waals surface area contributed by atoms with Crippen molar-refractivity contribution in [3.8, 4) is 0 Å². The van der Waals surface area contributed by atoms with E-state index in [1.165, 1.54) is 30.5 Å². The molecule has 0 aliphatic carbocycles. The molecule has 0 saturated carbocycles. The van der Waals surface area contributed by atoms with Crippen LogP contribution in [-0.4, -0.2) is 19.6 Å². The number of anilines is 1. The number of nitrogens with one attached hydrogen (secondary N) is 2. The summed E-state index contributed by atoms with van der Waals surface area (Å²) in [4.78, 5) is 0. The Hall–Kier alpha value is -1.02. The smallest absolute Gasteiger partial charge is 0.0374 e. The van der Waals surface area contributed by atoms with E-state index in [-0.39, 0.29) is 0 Å². The van der Waals surface area contributed by atoms with Crippen molar-refractivity contribution in [2.75, 3.05) is 18.9 Å². The van der Waals surface area contributed by atoms with Crippen LogP contribution < -0.4 is 10.6 Å². The number of rotatable bonds is 3. The Morgan fingerprint density at radius 2 is 2.29 bits per heavy atom. The standard InChI is InChI=1S/C12H18N2/c1-13-9-8-11-7-6-10-4-2-3-5-12(10)14-11/h2-5,11,13-14H,6-9H2,1H3. The van der Waals surface area contributed by atoms with Crippen LogP contribution in [0.5, 0.6) is 0 Å². The van der Waals surface area contributed by atoms with E-state index >= 15 is 0 Å². The number of hydrogen-bond acceptors (Lipinski definition) is 2. The maximum absolute atomic E-state index is 3.59. The van der Waals surface area contributed by atoms with E-state index in [1.807, 2.05) is 7.05 Å². The van der Waals surface area contributed by atoms with Crippen LogP contribution in [0.3, 0.4) is 0 Å². The molecule has 0 aromatic heterocycles. The average molecular weight is 190 g/mol. The molecule has 0 saturated heterocycles. The van der Waals surface area contributed by atoms with Crippen molar-refractivity contribution < 1.29 is 0 Å². The molecule has 14 heavy (non-hydrogen) atoms. The SMILES string of the molecule is CNCCC1CCc2ccccc2N1. The molecule has 1 aromatic rings. The van der Waals surface area contributed by atoms with E-state index in [9.17, 15) is 0 Å². The molecule has 1 aliphatic heterocycles. The monoisotopic (exact) mass is 190 g/mol. The van der Waals surface area contributed by atoms with E-state index in [0.29, 0.717) is 6.04 Å². The summed E-state index contributed by atoms with van der Waals surface area (Å²) in [5.74, 6) is 0. The number of para-hydroxylation sites is 1. The van der Waals surface area contributed by atoms with Crippen molar-refractivity contribution in [3.63, 3.8) is 0 Å². The second-order valence-corrected chi connectivity index (χ2v) is 3.93. The molecular weight excluding hydrogens is 172 g/mol. The molecule has 0 fully saturated rings. The average Bonchev–Trinajstić information content (AvgIpc) is 2.26. The Morgan fingerprint density at radius 3 is 3.14 bits per heavy atom. The lowest BCUT2D eigenvalue weighted by Crippen LogP contribution is -2.28. The molecule has 2 N–H and O–H groups in total. The molecule has 0 amide bonds. The third-order valence-corrected chi connectivity index (χ3v) is 2.88. The van der Waals surface area contributed by atoms with Gasteiger partial charge >= 0.3 is 0 Å². The molecule has 1 unspecified atom stereocenters. The minimum Gasteiger partial charge on any atom is -0.382 e. The molecule has 76 valence electrons. The zero-order valence-electron chi connectivity index (χ0n) is 8.72. The third kappa shape index (κ3) is 2.07. The van der Waals surface area contributed by atoms with E-state index < -0.39 is 0 Å². The van der Waals surface area contributed by atoms with Gasteiger partial charge in [0, 0.05) is 11.7 Å². The first-order chi connectivity index (χ1) is 6.90. The summed E-state index contributed by atoms with van der Waals surface area (Å²) in [6.07, 6.45) is 3.70.